The maximum Gasteiger partial charge on any atom is 0.334 e. The molecule has 1 saturated heterocycles. The Balaban J connectivity index is 2.52. The van der Waals surface area contributed by atoms with Gasteiger partial charge in [0.25, 0.3) is 0 Å². The second-order valence-electron chi connectivity index (χ2n) is 7.43. The van der Waals surface area contributed by atoms with Gasteiger partial charge in [-0.25, -0.2) is 9.59 Å². The van der Waals surface area contributed by atoms with Crippen LogP contribution in [-0.2, 0) is 28.6 Å². The highest BCUT2D eigenvalue weighted by molar-refractivity contribution is 5.92. The summed E-state index contributed by atoms with van der Waals surface area (Å²) in [6.45, 7) is 11.9. The molecule has 0 amide bonds. The number of esters is 3. The first kappa shape index (κ1) is 22.6. The SMILES string of the molecule is C=C1C(=O)O[C@@H]2/C=C(/C)[C@@H](OC(C)=O)C[C@H](O)/C(C)=C\[C@@H](OC(=O)/C(C)=C\C)[C@@H]12. The third-order valence-corrected chi connectivity index (χ3v) is 5.25. The molecule has 7 nitrogen and oxygen atoms in total. The van der Waals surface area contributed by atoms with Crippen molar-refractivity contribution in [2.24, 2.45) is 5.92 Å². The summed E-state index contributed by atoms with van der Waals surface area (Å²) in [5.41, 5.74) is 1.75. The minimum absolute atomic E-state index is 0.130. The van der Waals surface area contributed by atoms with E-state index in [-0.39, 0.29) is 12.0 Å². The highest BCUT2D eigenvalue weighted by Crippen LogP contribution is 2.36. The van der Waals surface area contributed by atoms with Crippen molar-refractivity contribution in [3.63, 3.8) is 0 Å². The van der Waals surface area contributed by atoms with E-state index in [4.69, 9.17) is 14.2 Å². The molecular formula is C22H28O7. The molecule has 5 atom stereocenters. The van der Waals surface area contributed by atoms with Crippen LogP contribution in [0.15, 0.2) is 47.1 Å². The highest BCUT2D eigenvalue weighted by Gasteiger charge is 2.44. The number of hydrogen-bond donors (Lipinski definition) is 1. The predicted octanol–water partition coefficient (Wildman–Crippen LogP) is 2.55. The average molecular weight is 404 g/mol. The molecule has 0 aromatic heterocycles. The second-order valence-corrected chi connectivity index (χ2v) is 7.43. The highest BCUT2D eigenvalue weighted by atomic mass is 16.6. The fourth-order valence-corrected chi connectivity index (χ4v) is 3.33. The molecular weight excluding hydrogens is 376 g/mol. The molecule has 2 rings (SSSR count). The molecule has 0 spiro atoms. The van der Waals surface area contributed by atoms with Crippen molar-refractivity contribution in [2.75, 3.05) is 0 Å². The molecule has 1 aliphatic carbocycles. The third-order valence-electron chi connectivity index (χ3n) is 5.25. The molecule has 158 valence electrons. The van der Waals surface area contributed by atoms with Gasteiger partial charge in [-0.2, -0.15) is 0 Å². The fourth-order valence-electron chi connectivity index (χ4n) is 3.33. The summed E-state index contributed by atoms with van der Waals surface area (Å²) >= 11 is 0. The minimum atomic E-state index is -0.936. The quantitative estimate of drug-likeness (QED) is 0.334. The molecule has 0 bridgehead atoms. The molecule has 29 heavy (non-hydrogen) atoms. The lowest BCUT2D eigenvalue weighted by Crippen LogP contribution is -2.34. The molecule has 1 N–H and O–H groups in total. The molecule has 1 heterocycles. The van der Waals surface area contributed by atoms with E-state index >= 15 is 0 Å². The van der Waals surface area contributed by atoms with Crippen molar-refractivity contribution in [3.05, 3.63) is 47.1 Å². The molecule has 0 aromatic carbocycles. The predicted molar refractivity (Wildman–Crippen MR) is 106 cm³/mol. The van der Waals surface area contributed by atoms with Gasteiger partial charge in [-0.1, -0.05) is 12.7 Å². The van der Waals surface area contributed by atoms with E-state index < -0.39 is 48.2 Å². The zero-order valence-electron chi connectivity index (χ0n) is 17.4. The molecule has 1 fully saturated rings. The number of allylic oxidation sites excluding steroid dienone is 1. The lowest BCUT2D eigenvalue weighted by atomic mass is 9.85. The number of aliphatic hydroxyl groups excluding tert-OH is 1. The fraction of sp³-hybridized carbons (Fsp3) is 0.500. The Kier molecular flexibility index (Phi) is 7.19. The Hall–Kier alpha value is -2.67. The largest absolute Gasteiger partial charge is 0.458 e. The van der Waals surface area contributed by atoms with Crippen LogP contribution in [0, 0.1) is 5.92 Å². The first-order valence-electron chi connectivity index (χ1n) is 9.50. The summed E-state index contributed by atoms with van der Waals surface area (Å²) in [5, 5.41) is 10.6. The van der Waals surface area contributed by atoms with Crippen LogP contribution in [0.4, 0.5) is 0 Å². The zero-order valence-corrected chi connectivity index (χ0v) is 17.4. The van der Waals surface area contributed by atoms with Gasteiger partial charge in [0.05, 0.1) is 12.0 Å². The van der Waals surface area contributed by atoms with Gasteiger partial charge in [-0.3, -0.25) is 4.79 Å². The van der Waals surface area contributed by atoms with Gasteiger partial charge in [0.1, 0.15) is 18.3 Å². The maximum absolute atomic E-state index is 12.4. The van der Waals surface area contributed by atoms with Crippen LogP contribution in [0.1, 0.15) is 41.0 Å². The van der Waals surface area contributed by atoms with Crippen LogP contribution < -0.4 is 0 Å². The van der Waals surface area contributed by atoms with Crippen LogP contribution in [0.25, 0.3) is 0 Å². The van der Waals surface area contributed by atoms with Crippen molar-refractivity contribution < 1.29 is 33.7 Å². The van der Waals surface area contributed by atoms with E-state index in [0.29, 0.717) is 16.7 Å². The van der Waals surface area contributed by atoms with Gasteiger partial charge in [-0.05, 0) is 51.0 Å². The number of carbonyl (C=O) groups excluding carboxylic acids is 3. The number of hydrogen-bond acceptors (Lipinski definition) is 7. The topological polar surface area (TPSA) is 99.1 Å². The summed E-state index contributed by atoms with van der Waals surface area (Å²) in [4.78, 5) is 36.1. The van der Waals surface area contributed by atoms with Crippen LogP contribution >= 0.6 is 0 Å². The number of rotatable bonds is 3. The van der Waals surface area contributed by atoms with E-state index in [1.165, 1.54) is 6.92 Å². The summed E-state index contributed by atoms with van der Waals surface area (Å²) < 4.78 is 16.4. The van der Waals surface area contributed by atoms with Crippen molar-refractivity contribution in [2.45, 2.75) is 65.5 Å². The van der Waals surface area contributed by atoms with Gasteiger partial charge in [0, 0.05) is 24.5 Å². The van der Waals surface area contributed by atoms with E-state index in [1.807, 2.05) is 0 Å². The smallest absolute Gasteiger partial charge is 0.334 e. The van der Waals surface area contributed by atoms with Gasteiger partial charge >= 0.3 is 17.9 Å². The second kappa shape index (κ2) is 9.22. The van der Waals surface area contributed by atoms with Crippen LogP contribution in [-0.4, -0.2) is 47.4 Å². The summed E-state index contributed by atoms with van der Waals surface area (Å²) in [6.07, 6.45) is 1.82. The standard InChI is InChI=1S/C22H28O7/c1-7-11(2)21(25)28-18-8-12(3)16(24)10-17(27-15(6)23)13(4)9-19-20(18)14(5)22(26)29-19/h7-9,16-20,24H,5,10H2,1-4,6H3/b11-7-,12-8-,13-9-/t16-,17-,18+,19+,20+/m0/s1. The van der Waals surface area contributed by atoms with Gasteiger partial charge in [0.15, 0.2) is 0 Å². The number of aliphatic hydroxyl groups is 1. The summed E-state index contributed by atoms with van der Waals surface area (Å²) in [6, 6.07) is 0. The van der Waals surface area contributed by atoms with Crippen molar-refractivity contribution in [1.29, 1.82) is 0 Å². The van der Waals surface area contributed by atoms with Gasteiger partial charge in [-0.15, -0.1) is 0 Å². The Morgan fingerprint density at radius 1 is 1.21 bits per heavy atom. The normalized spacial score (nSPS) is 34.1. The average Bonchev–Trinajstić information content (AvgIpc) is 2.92. The van der Waals surface area contributed by atoms with E-state index in [1.54, 1.807) is 45.9 Å². The van der Waals surface area contributed by atoms with Crippen LogP contribution in [0.2, 0.25) is 0 Å². The van der Waals surface area contributed by atoms with Crippen molar-refractivity contribution >= 4 is 17.9 Å². The first-order valence-corrected chi connectivity index (χ1v) is 9.50. The molecule has 1 aliphatic heterocycles. The number of ether oxygens (including phenoxy) is 3. The van der Waals surface area contributed by atoms with E-state index in [2.05, 4.69) is 6.58 Å². The Morgan fingerprint density at radius 3 is 2.45 bits per heavy atom. The zero-order chi connectivity index (χ0) is 21.9. The van der Waals surface area contributed by atoms with Crippen molar-refractivity contribution in [1.82, 2.24) is 0 Å². The Morgan fingerprint density at radius 2 is 1.86 bits per heavy atom. The molecule has 0 unspecified atom stereocenters. The number of fused-ring (bicyclic) bond motifs is 1. The molecule has 2 aliphatic rings. The molecule has 0 aromatic rings. The summed E-state index contributed by atoms with van der Waals surface area (Å²) in [7, 11) is 0. The Bertz CT molecular complexity index is 802. The monoisotopic (exact) mass is 404 g/mol. The molecule has 0 radical (unpaired) electrons. The van der Waals surface area contributed by atoms with E-state index in [0.717, 1.165) is 0 Å². The Labute approximate surface area is 170 Å². The third kappa shape index (κ3) is 5.23. The van der Waals surface area contributed by atoms with E-state index in [9.17, 15) is 19.5 Å². The van der Waals surface area contributed by atoms with Gasteiger partial charge in [0.2, 0.25) is 0 Å². The van der Waals surface area contributed by atoms with Gasteiger partial charge < -0.3 is 19.3 Å². The van der Waals surface area contributed by atoms with Crippen LogP contribution in [0.3, 0.4) is 0 Å². The minimum Gasteiger partial charge on any atom is -0.458 e. The lowest BCUT2D eigenvalue weighted by Gasteiger charge is -2.29. The first-order chi connectivity index (χ1) is 13.5. The molecule has 0 saturated carbocycles. The number of carbonyl (C=O) groups is 3. The lowest BCUT2D eigenvalue weighted by molar-refractivity contribution is -0.147. The molecule has 7 heteroatoms. The maximum atomic E-state index is 12.4. The van der Waals surface area contributed by atoms with Crippen molar-refractivity contribution in [3.8, 4) is 0 Å². The van der Waals surface area contributed by atoms with Crippen LogP contribution in [0.5, 0.6) is 0 Å². The summed E-state index contributed by atoms with van der Waals surface area (Å²) in [5.74, 6) is -2.25.